The van der Waals surface area contributed by atoms with Gasteiger partial charge in [-0.1, -0.05) is 42.5 Å². The van der Waals surface area contributed by atoms with Gasteiger partial charge in [0.1, 0.15) is 6.10 Å². The molecular formula is C24H26N2O3. The van der Waals surface area contributed by atoms with E-state index in [0.717, 1.165) is 50.3 Å². The number of ether oxygens (including phenoxy) is 1. The Hall–Kier alpha value is -2.92. The van der Waals surface area contributed by atoms with E-state index < -0.39 is 0 Å². The molecule has 150 valence electrons. The first-order valence-corrected chi connectivity index (χ1v) is 10.2. The molecule has 0 radical (unpaired) electrons. The fraction of sp³-hybridized carbons (Fsp3) is 0.333. The molecule has 1 atom stereocenters. The van der Waals surface area contributed by atoms with Crippen molar-refractivity contribution < 1.29 is 14.3 Å². The summed E-state index contributed by atoms with van der Waals surface area (Å²) < 4.78 is 5.60. The van der Waals surface area contributed by atoms with Crippen molar-refractivity contribution in [2.75, 3.05) is 24.5 Å². The molecule has 2 aromatic carbocycles. The van der Waals surface area contributed by atoms with Gasteiger partial charge in [-0.15, -0.1) is 0 Å². The van der Waals surface area contributed by atoms with Gasteiger partial charge in [-0.25, -0.2) is 4.79 Å². The van der Waals surface area contributed by atoms with E-state index in [2.05, 4.69) is 17.0 Å². The van der Waals surface area contributed by atoms with Gasteiger partial charge in [-0.3, -0.25) is 9.69 Å². The van der Waals surface area contributed by atoms with Crippen molar-refractivity contribution in [3.63, 3.8) is 0 Å². The third-order valence-electron chi connectivity index (χ3n) is 5.45. The van der Waals surface area contributed by atoms with Gasteiger partial charge < -0.3 is 9.64 Å². The van der Waals surface area contributed by atoms with Crippen LogP contribution in [0.2, 0.25) is 0 Å². The number of hydrogen-bond donors (Lipinski definition) is 0. The molecule has 2 aliphatic rings. The minimum atomic E-state index is -0.310. The minimum Gasteiger partial charge on any atom is -0.458 e. The van der Waals surface area contributed by atoms with Crippen LogP contribution >= 0.6 is 0 Å². The molecule has 0 aliphatic carbocycles. The maximum Gasteiger partial charge on any atom is 0.331 e. The summed E-state index contributed by atoms with van der Waals surface area (Å²) in [6, 6.07) is 18.0. The Morgan fingerprint density at radius 3 is 2.59 bits per heavy atom. The lowest BCUT2D eigenvalue weighted by Crippen LogP contribution is -2.24. The zero-order valence-electron chi connectivity index (χ0n) is 16.5. The fourth-order valence-electron chi connectivity index (χ4n) is 3.93. The molecule has 2 aliphatic heterocycles. The smallest absolute Gasteiger partial charge is 0.331 e. The van der Waals surface area contributed by atoms with E-state index in [-0.39, 0.29) is 18.0 Å². The first kappa shape index (κ1) is 19.4. The largest absolute Gasteiger partial charge is 0.458 e. The Kier molecular flexibility index (Phi) is 6.06. The number of nitrogens with zero attached hydrogens (tertiary/aromatic N) is 2. The van der Waals surface area contributed by atoms with Crippen LogP contribution in [0.15, 0.2) is 60.7 Å². The molecule has 0 aromatic heterocycles. The van der Waals surface area contributed by atoms with Crippen LogP contribution in [0.5, 0.6) is 0 Å². The predicted octanol–water partition coefficient (Wildman–Crippen LogP) is 3.64. The number of carbonyl (C=O) groups is 2. The summed E-state index contributed by atoms with van der Waals surface area (Å²) in [7, 11) is 0. The van der Waals surface area contributed by atoms with Gasteiger partial charge in [0.15, 0.2) is 0 Å². The molecule has 0 bridgehead atoms. The van der Waals surface area contributed by atoms with E-state index in [0.29, 0.717) is 6.42 Å². The van der Waals surface area contributed by atoms with Crippen molar-refractivity contribution in [2.45, 2.75) is 31.9 Å². The van der Waals surface area contributed by atoms with Gasteiger partial charge >= 0.3 is 5.97 Å². The van der Waals surface area contributed by atoms with Gasteiger partial charge in [0.05, 0.1) is 0 Å². The van der Waals surface area contributed by atoms with Crippen molar-refractivity contribution >= 4 is 23.6 Å². The first-order valence-electron chi connectivity index (χ1n) is 10.2. The van der Waals surface area contributed by atoms with Crippen molar-refractivity contribution in [1.29, 1.82) is 0 Å². The zero-order chi connectivity index (χ0) is 20.1. The van der Waals surface area contributed by atoms with Crippen LogP contribution in [0.25, 0.3) is 6.08 Å². The monoisotopic (exact) mass is 390 g/mol. The van der Waals surface area contributed by atoms with Gasteiger partial charge in [-0.2, -0.15) is 0 Å². The van der Waals surface area contributed by atoms with Crippen LogP contribution in [-0.2, 0) is 20.9 Å². The minimum absolute atomic E-state index is 0.0561. The molecule has 2 heterocycles. The van der Waals surface area contributed by atoms with Crippen LogP contribution in [-0.4, -0.2) is 42.5 Å². The second-order valence-corrected chi connectivity index (χ2v) is 7.64. The topological polar surface area (TPSA) is 49.9 Å². The molecule has 4 rings (SSSR count). The van der Waals surface area contributed by atoms with E-state index in [1.54, 1.807) is 6.08 Å². The van der Waals surface area contributed by atoms with Crippen molar-refractivity contribution in [3.8, 4) is 0 Å². The number of esters is 1. The summed E-state index contributed by atoms with van der Waals surface area (Å²) in [5, 5.41) is 0. The summed E-state index contributed by atoms with van der Waals surface area (Å²) in [5.74, 6) is -0.134. The number of carbonyl (C=O) groups excluding carboxylic acids is 2. The number of likely N-dealkylation sites (tertiary alicyclic amines) is 1. The van der Waals surface area contributed by atoms with Crippen molar-refractivity contribution in [3.05, 3.63) is 71.8 Å². The molecule has 2 fully saturated rings. The quantitative estimate of drug-likeness (QED) is 0.558. The summed E-state index contributed by atoms with van der Waals surface area (Å²) in [6.07, 6.45) is 5.59. The third-order valence-corrected chi connectivity index (χ3v) is 5.45. The maximum atomic E-state index is 12.2. The number of hydrogen-bond acceptors (Lipinski definition) is 4. The molecule has 29 heavy (non-hydrogen) atoms. The molecule has 5 nitrogen and oxygen atoms in total. The van der Waals surface area contributed by atoms with E-state index in [1.807, 2.05) is 47.4 Å². The van der Waals surface area contributed by atoms with Crippen LogP contribution in [0.3, 0.4) is 0 Å². The predicted molar refractivity (Wildman–Crippen MR) is 113 cm³/mol. The number of benzene rings is 2. The SMILES string of the molecule is O=C(/C=C/c1ccc(N2CCCC2=O)cc1)O[C@@H]1CCN(Cc2ccccc2)C1. The highest BCUT2D eigenvalue weighted by molar-refractivity contribution is 5.95. The maximum absolute atomic E-state index is 12.2. The lowest BCUT2D eigenvalue weighted by Gasteiger charge is -2.16. The third kappa shape index (κ3) is 5.12. The van der Waals surface area contributed by atoms with E-state index in [9.17, 15) is 9.59 Å². The summed E-state index contributed by atoms with van der Waals surface area (Å²) >= 11 is 0. The Labute approximate surface area is 171 Å². The van der Waals surface area contributed by atoms with Crippen LogP contribution in [0.1, 0.15) is 30.4 Å². The Morgan fingerprint density at radius 1 is 1.07 bits per heavy atom. The summed E-state index contributed by atoms with van der Waals surface area (Å²) in [4.78, 5) is 28.1. The molecule has 0 spiro atoms. The summed E-state index contributed by atoms with van der Waals surface area (Å²) in [5.41, 5.74) is 3.10. The fourth-order valence-corrected chi connectivity index (χ4v) is 3.93. The highest BCUT2D eigenvalue weighted by Gasteiger charge is 2.25. The average Bonchev–Trinajstić information content (AvgIpc) is 3.36. The molecule has 0 N–H and O–H groups in total. The van der Waals surface area contributed by atoms with Crippen LogP contribution < -0.4 is 4.90 Å². The van der Waals surface area contributed by atoms with Gasteiger partial charge in [0, 0.05) is 44.4 Å². The lowest BCUT2D eigenvalue weighted by molar-refractivity contribution is -0.142. The highest BCUT2D eigenvalue weighted by Crippen LogP contribution is 2.22. The zero-order valence-corrected chi connectivity index (χ0v) is 16.5. The molecule has 0 saturated carbocycles. The number of rotatable bonds is 6. The first-order chi connectivity index (χ1) is 14.2. The molecule has 5 heteroatoms. The standard InChI is InChI=1S/C24H26N2O3/c27-23-7-4-15-26(23)21-11-8-19(9-12-21)10-13-24(28)29-22-14-16-25(18-22)17-20-5-2-1-3-6-20/h1-3,5-6,8-13,22H,4,7,14-18H2/b13-10+/t22-/m1/s1. The van der Waals surface area contributed by atoms with Crippen molar-refractivity contribution in [2.24, 2.45) is 0 Å². The van der Waals surface area contributed by atoms with E-state index in [4.69, 9.17) is 4.74 Å². The molecule has 2 aromatic rings. The van der Waals surface area contributed by atoms with Crippen LogP contribution in [0.4, 0.5) is 5.69 Å². The average molecular weight is 390 g/mol. The van der Waals surface area contributed by atoms with E-state index >= 15 is 0 Å². The normalized spacial score (nSPS) is 19.9. The van der Waals surface area contributed by atoms with Gasteiger partial charge in [0.25, 0.3) is 0 Å². The van der Waals surface area contributed by atoms with E-state index in [1.165, 1.54) is 11.6 Å². The Balaban J connectivity index is 1.25. The Bertz CT molecular complexity index is 877. The van der Waals surface area contributed by atoms with Gasteiger partial charge in [0.2, 0.25) is 5.91 Å². The second kappa shape index (κ2) is 9.05. The molecule has 0 unspecified atom stereocenters. The lowest BCUT2D eigenvalue weighted by atomic mass is 10.2. The van der Waals surface area contributed by atoms with Gasteiger partial charge in [-0.05, 0) is 42.2 Å². The van der Waals surface area contributed by atoms with Crippen molar-refractivity contribution in [1.82, 2.24) is 4.90 Å². The number of amides is 1. The van der Waals surface area contributed by atoms with Crippen LogP contribution in [0, 0.1) is 0 Å². The molecule has 2 saturated heterocycles. The highest BCUT2D eigenvalue weighted by atomic mass is 16.5. The summed E-state index contributed by atoms with van der Waals surface area (Å²) in [6.45, 7) is 3.37. The molecule has 1 amide bonds. The second-order valence-electron chi connectivity index (χ2n) is 7.64. The Morgan fingerprint density at radius 2 is 1.86 bits per heavy atom. The number of anilines is 1. The molecular weight excluding hydrogens is 364 g/mol.